The molecule has 0 amide bonds. The summed E-state index contributed by atoms with van der Waals surface area (Å²) in [7, 11) is 3.45. The summed E-state index contributed by atoms with van der Waals surface area (Å²) in [6, 6.07) is 8.12. The Morgan fingerprint density at radius 1 is 1.24 bits per heavy atom. The quantitative estimate of drug-likeness (QED) is 0.255. The van der Waals surface area contributed by atoms with Crippen LogP contribution in [0.3, 0.4) is 0 Å². The van der Waals surface area contributed by atoms with Crippen molar-refractivity contribution in [1.29, 1.82) is 0 Å². The van der Waals surface area contributed by atoms with Crippen molar-refractivity contribution in [3.63, 3.8) is 0 Å². The van der Waals surface area contributed by atoms with Crippen molar-refractivity contribution in [2.75, 3.05) is 47.1 Å². The molecule has 0 aliphatic carbocycles. The summed E-state index contributed by atoms with van der Waals surface area (Å²) in [5.41, 5.74) is 1.26. The molecule has 1 heterocycles. The summed E-state index contributed by atoms with van der Waals surface area (Å²) in [5, 5.41) is 6.56. The third-order valence-corrected chi connectivity index (χ3v) is 3.96. The molecule has 0 bridgehead atoms. The van der Waals surface area contributed by atoms with Crippen LogP contribution >= 0.6 is 24.0 Å². The number of ether oxygens (including phenoxy) is 3. The predicted octanol–water partition coefficient (Wildman–Crippen LogP) is 2.22. The van der Waals surface area contributed by atoms with Crippen molar-refractivity contribution < 1.29 is 14.2 Å². The minimum absolute atomic E-state index is 0. The zero-order valence-corrected chi connectivity index (χ0v) is 17.5. The minimum Gasteiger partial charge on any atom is -0.497 e. The Bertz CT molecular complexity index is 491. The fourth-order valence-electron chi connectivity index (χ4n) is 2.57. The largest absolute Gasteiger partial charge is 0.497 e. The highest BCUT2D eigenvalue weighted by atomic mass is 127. The van der Waals surface area contributed by atoms with E-state index in [1.807, 2.05) is 12.1 Å². The molecule has 25 heavy (non-hydrogen) atoms. The summed E-state index contributed by atoms with van der Waals surface area (Å²) in [6.45, 7) is 3.76. The van der Waals surface area contributed by atoms with E-state index < -0.39 is 0 Å². The monoisotopic (exact) mass is 463 g/mol. The van der Waals surface area contributed by atoms with Crippen LogP contribution < -0.4 is 15.4 Å². The van der Waals surface area contributed by atoms with Crippen LogP contribution in [0.25, 0.3) is 0 Å². The van der Waals surface area contributed by atoms with E-state index in [0.717, 1.165) is 50.7 Å². The van der Waals surface area contributed by atoms with Gasteiger partial charge in [0.25, 0.3) is 0 Å². The molecule has 2 N–H and O–H groups in total. The van der Waals surface area contributed by atoms with Gasteiger partial charge >= 0.3 is 0 Å². The maximum atomic E-state index is 5.63. The van der Waals surface area contributed by atoms with Crippen LogP contribution in [0.4, 0.5) is 0 Å². The van der Waals surface area contributed by atoms with Gasteiger partial charge in [-0.1, -0.05) is 12.1 Å². The number of halogens is 1. The van der Waals surface area contributed by atoms with Crippen LogP contribution in [0, 0.1) is 0 Å². The van der Waals surface area contributed by atoms with Gasteiger partial charge in [-0.05, 0) is 37.0 Å². The third-order valence-electron chi connectivity index (χ3n) is 3.96. The molecule has 1 fully saturated rings. The lowest BCUT2D eigenvalue weighted by Gasteiger charge is -2.13. The molecule has 1 aromatic rings. The number of guanidine groups is 1. The van der Waals surface area contributed by atoms with Crippen molar-refractivity contribution in [1.82, 2.24) is 10.6 Å². The average molecular weight is 463 g/mol. The Morgan fingerprint density at radius 3 is 2.64 bits per heavy atom. The molecule has 142 valence electrons. The zero-order valence-electron chi connectivity index (χ0n) is 15.1. The second-order valence-electron chi connectivity index (χ2n) is 5.73. The van der Waals surface area contributed by atoms with Crippen LogP contribution in [0.1, 0.15) is 18.4 Å². The molecule has 0 spiro atoms. The number of benzene rings is 1. The number of aliphatic imine (C=N–C) groups is 1. The molecule has 0 radical (unpaired) electrons. The molecule has 1 atom stereocenters. The Kier molecular flexibility index (Phi) is 11.6. The summed E-state index contributed by atoms with van der Waals surface area (Å²) in [6.07, 6.45) is 3.48. The minimum atomic E-state index is 0. The first-order valence-corrected chi connectivity index (χ1v) is 8.58. The Balaban J connectivity index is 0.00000312. The first-order valence-electron chi connectivity index (χ1n) is 8.58. The van der Waals surface area contributed by atoms with E-state index in [1.54, 1.807) is 14.2 Å². The summed E-state index contributed by atoms with van der Waals surface area (Å²) in [4.78, 5) is 4.22. The van der Waals surface area contributed by atoms with Crippen molar-refractivity contribution >= 4 is 29.9 Å². The highest BCUT2D eigenvalue weighted by Gasteiger charge is 2.14. The van der Waals surface area contributed by atoms with E-state index in [-0.39, 0.29) is 30.1 Å². The smallest absolute Gasteiger partial charge is 0.191 e. The van der Waals surface area contributed by atoms with Crippen LogP contribution in [0.5, 0.6) is 5.75 Å². The second kappa shape index (κ2) is 13.2. The van der Waals surface area contributed by atoms with Gasteiger partial charge in [0.15, 0.2) is 5.96 Å². The van der Waals surface area contributed by atoms with E-state index in [2.05, 4.69) is 27.8 Å². The molecule has 2 rings (SSSR count). The number of nitrogens with zero attached hydrogens (tertiary/aromatic N) is 1. The van der Waals surface area contributed by atoms with Gasteiger partial charge in [-0.15, -0.1) is 24.0 Å². The van der Waals surface area contributed by atoms with Crippen molar-refractivity contribution in [3.8, 4) is 5.75 Å². The first kappa shape index (κ1) is 22.0. The summed E-state index contributed by atoms with van der Waals surface area (Å²) < 4.78 is 16.3. The van der Waals surface area contributed by atoms with Gasteiger partial charge in [0.2, 0.25) is 0 Å². The Hall–Kier alpha value is -1.06. The maximum absolute atomic E-state index is 5.63. The number of nitrogens with one attached hydrogen (secondary N) is 2. The molecule has 1 aliphatic heterocycles. The lowest BCUT2D eigenvalue weighted by atomic mass is 10.1. The van der Waals surface area contributed by atoms with Crippen LogP contribution in [-0.4, -0.2) is 59.1 Å². The molecule has 7 heteroatoms. The van der Waals surface area contributed by atoms with Crippen LogP contribution in [0.15, 0.2) is 29.3 Å². The number of hydrogen-bond acceptors (Lipinski definition) is 4. The molecule has 1 aromatic carbocycles. The standard InChI is InChI=1S/C18H29N3O3.HI/c1-19-18(21-11-13-23-14-17-4-3-12-24-17)20-10-9-15-5-7-16(22-2)8-6-15;/h5-8,17H,3-4,9-14H2,1-2H3,(H2,19,20,21);1H. The number of hydrogen-bond donors (Lipinski definition) is 2. The van der Waals surface area contributed by atoms with Gasteiger partial charge in [0.1, 0.15) is 5.75 Å². The lowest BCUT2D eigenvalue weighted by molar-refractivity contribution is 0.0191. The second-order valence-corrected chi connectivity index (χ2v) is 5.73. The molecular formula is C18H30IN3O3. The van der Waals surface area contributed by atoms with E-state index in [9.17, 15) is 0 Å². The third kappa shape index (κ3) is 8.73. The molecule has 1 aliphatic rings. The number of methoxy groups -OCH3 is 1. The highest BCUT2D eigenvalue weighted by molar-refractivity contribution is 14.0. The fourth-order valence-corrected chi connectivity index (χ4v) is 2.57. The van der Waals surface area contributed by atoms with E-state index in [0.29, 0.717) is 13.2 Å². The molecular weight excluding hydrogens is 433 g/mol. The van der Waals surface area contributed by atoms with Crippen molar-refractivity contribution in [3.05, 3.63) is 29.8 Å². The molecule has 0 aromatic heterocycles. The van der Waals surface area contributed by atoms with E-state index in [1.165, 1.54) is 5.56 Å². The van der Waals surface area contributed by atoms with Crippen LogP contribution in [0.2, 0.25) is 0 Å². The maximum Gasteiger partial charge on any atom is 0.191 e. The lowest BCUT2D eigenvalue weighted by Crippen LogP contribution is -2.40. The predicted molar refractivity (Wildman–Crippen MR) is 111 cm³/mol. The van der Waals surface area contributed by atoms with Gasteiger partial charge in [0, 0.05) is 26.7 Å². The average Bonchev–Trinajstić information content (AvgIpc) is 3.14. The van der Waals surface area contributed by atoms with Gasteiger partial charge in [0.05, 0.1) is 26.4 Å². The van der Waals surface area contributed by atoms with Crippen LogP contribution in [-0.2, 0) is 15.9 Å². The topological polar surface area (TPSA) is 64.1 Å². The van der Waals surface area contributed by atoms with Gasteiger partial charge in [-0.25, -0.2) is 0 Å². The highest BCUT2D eigenvalue weighted by Crippen LogP contribution is 2.12. The molecule has 1 unspecified atom stereocenters. The zero-order chi connectivity index (χ0) is 17.0. The summed E-state index contributed by atoms with van der Waals surface area (Å²) >= 11 is 0. The SMILES string of the molecule is CN=C(NCCOCC1CCCO1)NCCc1ccc(OC)cc1.I. The Labute approximate surface area is 167 Å². The molecule has 6 nitrogen and oxygen atoms in total. The van der Waals surface area contributed by atoms with E-state index >= 15 is 0 Å². The van der Waals surface area contributed by atoms with Crippen molar-refractivity contribution in [2.45, 2.75) is 25.4 Å². The Morgan fingerprint density at radius 2 is 2.00 bits per heavy atom. The molecule has 1 saturated heterocycles. The van der Waals surface area contributed by atoms with Gasteiger partial charge in [-0.3, -0.25) is 4.99 Å². The van der Waals surface area contributed by atoms with Gasteiger partial charge < -0.3 is 24.8 Å². The first-order chi connectivity index (χ1) is 11.8. The summed E-state index contributed by atoms with van der Waals surface area (Å²) in [5.74, 6) is 1.68. The van der Waals surface area contributed by atoms with E-state index in [4.69, 9.17) is 14.2 Å². The van der Waals surface area contributed by atoms with Crippen molar-refractivity contribution in [2.24, 2.45) is 4.99 Å². The molecule has 0 saturated carbocycles. The normalized spacial score (nSPS) is 17.0. The fraction of sp³-hybridized carbons (Fsp3) is 0.611. The number of rotatable bonds is 9. The van der Waals surface area contributed by atoms with Gasteiger partial charge in [-0.2, -0.15) is 0 Å².